The molecule has 1 aromatic carbocycles. The van der Waals surface area contributed by atoms with Gasteiger partial charge in [-0.15, -0.1) is 0 Å². The molecule has 1 unspecified atom stereocenters. The highest BCUT2D eigenvalue weighted by molar-refractivity contribution is 6.21. The Kier molecular flexibility index (Phi) is 5.04. The fourth-order valence-electron chi connectivity index (χ4n) is 3.96. The maximum Gasteiger partial charge on any atom is 0.339 e. The van der Waals surface area contributed by atoms with Crippen LogP contribution < -0.4 is 4.90 Å². The first-order valence-corrected chi connectivity index (χ1v) is 9.00. The molecule has 1 spiro atoms. The van der Waals surface area contributed by atoms with Gasteiger partial charge in [0.2, 0.25) is 5.60 Å². The van der Waals surface area contributed by atoms with Crippen LogP contribution in [0, 0.1) is 0 Å². The highest BCUT2D eigenvalue weighted by atomic mass is 16.5. The Hall–Kier alpha value is -3.42. The molecule has 0 aromatic heterocycles. The number of para-hydroxylation sites is 1. The Labute approximate surface area is 167 Å². The minimum atomic E-state index is -1.95. The maximum absolute atomic E-state index is 13.6. The van der Waals surface area contributed by atoms with Crippen molar-refractivity contribution < 1.29 is 33.4 Å². The lowest BCUT2D eigenvalue weighted by Crippen LogP contribution is -2.49. The van der Waals surface area contributed by atoms with Crippen LogP contribution in [0.2, 0.25) is 0 Å². The van der Waals surface area contributed by atoms with Crippen LogP contribution >= 0.6 is 0 Å². The van der Waals surface area contributed by atoms with Crippen molar-refractivity contribution in [2.24, 2.45) is 0 Å². The number of carbonyl (C=O) groups is 4. The molecule has 8 heteroatoms. The number of anilines is 1. The molecular weight excluding hydrogens is 378 g/mol. The third-order valence-electron chi connectivity index (χ3n) is 5.08. The summed E-state index contributed by atoms with van der Waals surface area (Å²) in [7, 11) is 2.25. The maximum atomic E-state index is 13.6. The Bertz CT molecular complexity index is 1000. The monoisotopic (exact) mass is 399 g/mol. The number of methoxy groups -OCH3 is 2. The van der Waals surface area contributed by atoms with Crippen molar-refractivity contribution >= 4 is 29.3 Å². The van der Waals surface area contributed by atoms with E-state index < -0.39 is 29.2 Å². The minimum absolute atomic E-state index is 0.0478. The van der Waals surface area contributed by atoms with E-state index in [1.807, 2.05) is 0 Å². The second-order valence-corrected chi connectivity index (χ2v) is 6.57. The van der Waals surface area contributed by atoms with Crippen molar-refractivity contribution in [1.82, 2.24) is 0 Å². The molecule has 0 aliphatic carbocycles. The molecule has 0 N–H and O–H groups in total. The number of Topliss-reactive ketones (excluding diaryl/α,β-unsaturated/α-hetero) is 1. The molecule has 2 aliphatic rings. The van der Waals surface area contributed by atoms with E-state index in [9.17, 15) is 19.2 Å². The topological polar surface area (TPSA) is 99.2 Å². The van der Waals surface area contributed by atoms with E-state index in [1.165, 1.54) is 18.7 Å². The molecule has 1 aromatic rings. The van der Waals surface area contributed by atoms with Gasteiger partial charge in [-0.05, 0) is 26.8 Å². The predicted molar refractivity (Wildman–Crippen MR) is 102 cm³/mol. The van der Waals surface area contributed by atoms with Crippen LogP contribution in [0.1, 0.15) is 26.3 Å². The van der Waals surface area contributed by atoms with Gasteiger partial charge in [0, 0.05) is 12.1 Å². The van der Waals surface area contributed by atoms with Crippen LogP contribution in [0.15, 0.2) is 46.7 Å². The number of likely N-dealkylation sites (N-methyl/N-ethyl adjacent to an activating group) is 1. The smallest absolute Gasteiger partial charge is 0.339 e. The molecule has 1 amide bonds. The summed E-state index contributed by atoms with van der Waals surface area (Å²) in [6, 6.07) is 6.82. The number of amides is 1. The van der Waals surface area contributed by atoms with Crippen LogP contribution in [-0.4, -0.2) is 44.4 Å². The van der Waals surface area contributed by atoms with E-state index in [2.05, 4.69) is 0 Å². The molecule has 2 aliphatic heterocycles. The number of rotatable bonds is 4. The van der Waals surface area contributed by atoms with Crippen LogP contribution in [0.3, 0.4) is 0 Å². The van der Waals surface area contributed by atoms with Crippen LogP contribution in [0.25, 0.3) is 0 Å². The molecule has 1 atom stereocenters. The van der Waals surface area contributed by atoms with Gasteiger partial charge in [0.05, 0.1) is 31.1 Å². The van der Waals surface area contributed by atoms with Crippen molar-refractivity contribution in [3.63, 3.8) is 0 Å². The Morgan fingerprint density at radius 1 is 1.07 bits per heavy atom. The number of hydrogen-bond acceptors (Lipinski definition) is 7. The van der Waals surface area contributed by atoms with Gasteiger partial charge in [-0.1, -0.05) is 18.2 Å². The van der Waals surface area contributed by atoms with Gasteiger partial charge in [-0.3, -0.25) is 9.59 Å². The summed E-state index contributed by atoms with van der Waals surface area (Å²) in [6.45, 7) is 4.80. The number of nitrogens with zero attached hydrogens (tertiary/aromatic N) is 1. The van der Waals surface area contributed by atoms with Gasteiger partial charge in [0.25, 0.3) is 5.91 Å². The molecular formula is C21H21NO7. The Balaban J connectivity index is 2.49. The highest BCUT2D eigenvalue weighted by Gasteiger charge is 2.61. The zero-order valence-corrected chi connectivity index (χ0v) is 16.8. The summed E-state index contributed by atoms with van der Waals surface area (Å²) in [6.07, 6.45) is 0. The number of carbonyl (C=O) groups excluding carboxylic acids is 4. The lowest BCUT2D eigenvalue weighted by molar-refractivity contribution is -0.148. The predicted octanol–water partition coefficient (Wildman–Crippen LogP) is 1.78. The van der Waals surface area contributed by atoms with E-state index in [4.69, 9.17) is 14.2 Å². The lowest BCUT2D eigenvalue weighted by Gasteiger charge is -2.36. The quantitative estimate of drug-likeness (QED) is 0.712. The molecule has 8 nitrogen and oxygen atoms in total. The van der Waals surface area contributed by atoms with Crippen molar-refractivity contribution in [1.29, 1.82) is 0 Å². The van der Waals surface area contributed by atoms with Gasteiger partial charge in [0.15, 0.2) is 5.78 Å². The second-order valence-electron chi connectivity index (χ2n) is 6.57. The molecule has 2 heterocycles. The SMILES string of the molecule is CCN1C(=O)C2(OC(C)=C(C(C)=O)C(C(=O)OC)=C2C(=O)OC)c2ccccc21. The number of esters is 2. The first kappa shape index (κ1) is 20.3. The van der Waals surface area contributed by atoms with Crippen LogP contribution in [0.4, 0.5) is 5.69 Å². The van der Waals surface area contributed by atoms with Crippen molar-refractivity contribution in [2.45, 2.75) is 26.4 Å². The van der Waals surface area contributed by atoms with E-state index in [0.29, 0.717) is 17.8 Å². The van der Waals surface area contributed by atoms with E-state index in [-0.39, 0.29) is 22.5 Å². The zero-order valence-electron chi connectivity index (χ0n) is 16.8. The Morgan fingerprint density at radius 3 is 2.24 bits per heavy atom. The summed E-state index contributed by atoms with van der Waals surface area (Å²) in [4.78, 5) is 53.0. The minimum Gasteiger partial charge on any atom is -0.471 e. The lowest BCUT2D eigenvalue weighted by atomic mass is 9.79. The van der Waals surface area contributed by atoms with Gasteiger partial charge >= 0.3 is 11.9 Å². The number of ketones is 1. The zero-order chi connectivity index (χ0) is 21.5. The fraction of sp³-hybridized carbons (Fsp3) is 0.333. The van der Waals surface area contributed by atoms with Crippen LogP contribution in [-0.2, 0) is 39.0 Å². The highest BCUT2D eigenvalue weighted by Crippen LogP contribution is 2.52. The molecule has 152 valence electrons. The standard InChI is InChI=1S/C21H21NO7/c1-6-22-14-10-8-7-9-13(14)21(20(22)26)17(19(25)28-5)16(18(24)27-4)15(11(2)23)12(3)29-21/h7-10H,6H2,1-5H3. The van der Waals surface area contributed by atoms with Crippen LogP contribution in [0.5, 0.6) is 0 Å². The number of allylic oxidation sites excluding steroid dienone is 1. The van der Waals surface area contributed by atoms with Crippen molar-refractivity contribution in [2.75, 3.05) is 25.7 Å². The Morgan fingerprint density at radius 2 is 1.69 bits per heavy atom. The second kappa shape index (κ2) is 7.20. The first-order chi connectivity index (χ1) is 13.8. The summed E-state index contributed by atoms with van der Waals surface area (Å²) < 4.78 is 15.8. The largest absolute Gasteiger partial charge is 0.471 e. The van der Waals surface area contributed by atoms with Gasteiger partial charge in [-0.25, -0.2) is 9.59 Å². The molecule has 0 bridgehead atoms. The first-order valence-electron chi connectivity index (χ1n) is 9.00. The summed E-state index contributed by atoms with van der Waals surface area (Å²) >= 11 is 0. The average Bonchev–Trinajstić information content (AvgIpc) is 2.94. The third-order valence-corrected chi connectivity index (χ3v) is 5.08. The number of ether oxygens (including phenoxy) is 3. The molecule has 0 saturated carbocycles. The van der Waals surface area contributed by atoms with Crippen molar-refractivity contribution in [3.8, 4) is 0 Å². The molecule has 3 rings (SSSR count). The normalized spacial score (nSPS) is 20.6. The number of hydrogen-bond donors (Lipinski definition) is 0. The van der Waals surface area contributed by atoms with E-state index in [0.717, 1.165) is 14.2 Å². The number of fused-ring (bicyclic) bond motifs is 2. The molecule has 29 heavy (non-hydrogen) atoms. The van der Waals surface area contributed by atoms with Crippen molar-refractivity contribution in [3.05, 3.63) is 52.3 Å². The molecule has 0 fully saturated rings. The molecule has 0 radical (unpaired) electrons. The fourth-order valence-corrected chi connectivity index (χ4v) is 3.96. The summed E-state index contributed by atoms with van der Waals surface area (Å²) in [5.74, 6) is -2.91. The summed E-state index contributed by atoms with van der Waals surface area (Å²) in [5.41, 5.74) is -1.83. The summed E-state index contributed by atoms with van der Waals surface area (Å²) in [5, 5.41) is 0. The third kappa shape index (κ3) is 2.66. The van der Waals surface area contributed by atoms with Gasteiger partial charge in [-0.2, -0.15) is 0 Å². The van der Waals surface area contributed by atoms with E-state index >= 15 is 0 Å². The number of benzene rings is 1. The molecule has 0 saturated heterocycles. The van der Waals surface area contributed by atoms with E-state index in [1.54, 1.807) is 31.2 Å². The van der Waals surface area contributed by atoms with Gasteiger partial charge in [0.1, 0.15) is 11.3 Å². The van der Waals surface area contributed by atoms with Gasteiger partial charge < -0.3 is 19.1 Å². The average molecular weight is 399 g/mol.